The number of aromatic nitrogens is 1. The zero-order valence-corrected chi connectivity index (χ0v) is 13.8. The van der Waals surface area contributed by atoms with Crippen LogP contribution in [0.3, 0.4) is 0 Å². The summed E-state index contributed by atoms with van der Waals surface area (Å²) in [6.45, 7) is 4.03. The third-order valence-electron chi connectivity index (χ3n) is 3.65. The van der Waals surface area contributed by atoms with E-state index >= 15 is 0 Å². The van der Waals surface area contributed by atoms with Gasteiger partial charge in [-0.15, -0.1) is 0 Å². The summed E-state index contributed by atoms with van der Waals surface area (Å²) in [5.74, 6) is -1.31. The zero-order chi connectivity index (χ0) is 17.5. The predicted octanol–water partition coefficient (Wildman–Crippen LogP) is 2.17. The lowest BCUT2D eigenvalue weighted by Crippen LogP contribution is -2.35. The van der Waals surface area contributed by atoms with Crippen LogP contribution in [0.2, 0.25) is 0 Å². The van der Waals surface area contributed by atoms with Crippen molar-refractivity contribution in [3.8, 4) is 5.75 Å². The number of phenols is 1. The standard InChI is InChI=1S/C18H21N3O3/c1-3-12-9-15(22)10-13(4-2)16(12)21-18(24)17(23)20-11-14-7-5-6-8-19-14/h5-10,22H,3-4,11H2,1-2H3,(H,20,23)(H,21,24). The number of benzene rings is 1. The molecular formula is C18H21N3O3. The number of phenolic OH excluding ortho intramolecular Hbond substituents is 1. The van der Waals surface area contributed by atoms with Crippen molar-refractivity contribution in [3.05, 3.63) is 53.3 Å². The van der Waals surface area contributed by atoms with E-state index in [0.717, 1.165) is 11.1 Å². The molecule has 0 saturated carbocycles. The molecule has 126 valence electrons. The average Bonchev–Trinajstić information content (AvgIpc) is 2.61. The van der Waals surface area contributed by atoms with Crippen molar-refractivity contribution in [2.24, 2.45) is 0 Å². The summed E-state index contributed by atoms with van der Waals surface area (Å²) in [5, 5.41) is 14.9. The molecule has 0 aliphatic carbocycles. The zero-order valence-electron chi connectivity index (χ0n) is 13.8. The first-order valence-electron chi connectivity index (χ1n) is 7.89. The summed E-state index contributed by atoms with van der Waals surface area (Å²) < 4.78 is 0. The fraction of sp³-hybridized carbons (Fsp3) is 0.278. The summed E-state index contributed by atoms with van der Waals surface area (Å²) in [5.41, 5.74) is 2.85. The Hall–Kier alpha value is -2.89. The van der Waals surface area contributed by atoms with Crippen LogP contribution in [0.1, 0.15) is 30.7 Å². The van der Waals surface area contributed by atoms with E-state index < -0.39 is 11.8 Å². The molecule has 0 radical (unpaired) electrons. The van der Waals surface area contributed by atoms with E-state index in [0.29, 0.717) is 24.2 Å². The van der Waals surface area contributed by atoms with Crippen LogP contribution in [0.25, 0.3) is 0 Å². The third kappa shape index (κ3) is 4.32. The van der Waals surface area contributed by atoms with Gasteiger partial charge in [0.2, 0.25) is 0 Å². The molecule has 3 N–H and O–H groups in total. The van der Waals surface area contributed by atoms with Gasteiger partial charge < -0.3 is 15.7 Å². The average molecular weight is 327 g/mol. The maximum absolute atomic E-state index is 12.1. The quantitative estimate of drug-likeness (QED) is 0.580. The molecule has 2 aromatic rings. The van der Waals surface area contributed by atoms with Crippen LogP contribution in [-0.4, -0.2) is 21.9 Å². The first-order chi connectivity index (χ1) is 11.5. The topological polar surface area (TPSA) is 91.3 Å². The van der Waals surface area contributed by atoms with Gasteiger partial charge in [-0.2, -0.15) is 0 Å². The van der Waals surface area contributed by atoms with E-state index in [1.165, 1.54) is 0 Å². The second-order valence-electron chi connectivity index (χ2n) is 5.30. The van der Waals surface area contributed by atoms with Crippen molar-refractivity contribution in [3.63, 3.8) is 0 Å². The molecule has 0 spiro atoms. The fourth-order valence-electron chi connectivity index (χ4n) is 2.39. The van der Waals surface area contributed by atoms with Crippen molar-refractivity contribution in [1.29, 1.82) is 0 Å². The predicted molar refractivity (Wildman–Crippen MR) is 91.6 cm³/mol. The molecule has 2 amide bonds. The SMILES string of the molecule is CCc1cc(O)cc(CC)c1NC(=O)C(=O)NCc1ccccn1. The molecule has 0 aliphatic rings. The fourth-order valence-corrected chi connectivity index (χ4v) is 2.39. The number of nitrogens with zero attached hydrogens (tertiary/aromatic N) is 1. The molecular weight excluding hydrogens is 306 g/mol. The molecule has 1 aromatic carbocycles. The van der Waals surface area contributed by atoms with E-state index in [2.05, 4.69) is 15.6 Å². The van der Waals surface area contributed by atoms with Gasteiger partial charge in [-0.1, -0.05) is 19.9 Å². The van der Waals surface area contributed by atoms with E-state index in [1.54, 1.807) is 30.5 Å². The van der Waals surface area contributed by atoms with E-state index in [-0.39, 0.29) is 12.3 Å². The number of aromatic hydroxyl groups is 1. The van der Waals surface area contributed by atoms with E-state index in [4.69, 9.17) is 0 Å². The first kappa shape index (κ1) is 17.5. The summed E-state index contributed by atoms with van der Waals surface area (Å²) in [6, 6.07) is 8.55. The number of hydrogen-bond donors (Lipinski definition) is 3. The lowest BCUT2D eigenvalue weighted by Gasteiger charge is -2.15. The third-order valence-corrected chi connectivity index (χ3v) is 3.65. The number of pyridine rings is 1. The van der Waals surface area contributed by atoms with E-state index in [9.17, 15) is 14.7 Å². The highest BCUT2D eigenvalue weighted by molar-refractivity contribution is 6.39. The number of carbonyl (C=O) groups is 2. The summed E-state index contributed by atoms with van der Waals surface area (Å²) >= 11 is 0. The second-order valence-corrected chi connectivity index (χ2v) is 5.30. The Morgan fingerprint density at radius 2 is 1.75 bits per heavy atom. The number of carbonyl (C=O) groups excluding carboxylic acids is 2. The van der Waals surface area contributed by atoms with Gasteiger partial charge >= 0.3 is 11.8 Å². The lowest BCUT2D eigenvalue weighted by molar-refractivity contribution is -0.136. The molecule has 0 unspecified atom stereocenters. The minimum Gasteiger partial charge on any atom is -0.508 e. The van der Waals surface area contributed by atoms with Gasteiger partial charge in [-0.3, -0.25) is 14.6 Å². The summed E-state index contributed by atoms with van der Waals surface area (Å²) in [6.07, 6.45) is 2.89. The number of aryl methyl sites for hydroxylation is 2. The summed E-state index contributed by atoms with van der Waals surface area (Å²) in [4.78, 5) is 28.2. The van der Waals surface area contributed by atoms with Gasteiger partial charge in [0.05, 0.1) is 12.2 Å². The van der Waals surface area contributed by atoms with Crippen molar-refractivity contribution < 1.29 is 14.7 Å². The molecule has 6 nitrogen and oxygen atoms in total. The number of rotatable bonds is 5. The molecule has 0 saturated heterocycles. The minimum atomic E-state index is -0.735. The highest BCUT2D eigenvalue weighted by Gasteiger charge is 2.17. The Bertz CT molecular complexity index is 705. The van der Waals surface area contributed by atoms with Gasteiger partial charge in [0.1, 0.15) is 5.75 Å². The van der Waals surface area contributed by atoms with Crippen molar-refractivity contribution in [2.45, 2.75) is 33.2 Å². The van der Waals surface area contributed by atoms with Crippen LogP contribution in [0, 0.1) is 0 Å². The monoisotopic (exact) mass is 327 g/mol. The molecule has 0 aliphatic heterocycles. The Morgan fingerprint density at radius 1 is 1.08 bits per heavy atom. The smallest absolute Gasteiger partial charge is 0.313 e. The largest absolute Gasteiger partial charge is 0.508 e. The van der Waals surface area contributed by atoms with Crippen LogP contribution in [0.15, 0.2) is 36.5 Å². The number of hydrogen-bond acceptors (Lipinski definition) is 4. The van der Waals surface area contributed by atoms with Crippen LogP contribution in [0.5, 0.6) is 5.75 Å². The van der Waals surface area contributed by atoms with E-state index in [1.807, 2.05) is 19.9 Å². The molecule has 1 heterocycles. The highest BCUT2D eigenvalue weighted by Crippen LogP contribution is 2.27. The number of anilines is 1. The Balaban J connectivity index is 2.07. The maximum atomic E-state index is 12.1. The van der Waals surface area contributed by atoms with Gasteiger partial charge in [0.25, 0.3) is 0 Å². The Morgan fingerprint density at radius 3 is 2.29 bits per heavy atom. The molecule has 1 aromatic heterocycles. The van der Waals surface area contributed by atoms with Gasteiger partial charge in [0.15, 0.2) is 0 Å². The molecule has 0 fully saturated rings. The highest BCUT2D eigenvalue weighted by atomic mass is 16.3. The van der Waals surface area contributed by atoms with Crippen molar-refractivity contribution in [2.75, 3.05) is 5.32 Å². The van der Waals surface area contributed by atoms with Crippen LogP contribution in [0.4, 0.5) is 5.69 Å². The van der Waals surface area contributed by atoms with Crippen LogP contribution < -0.4 is 10.6 Å². The van der Waals surface area contributed by atoms with Gasteiger partial charge in [0, 0.05) is 11.9 Å². The van der Waals surface area contributed by atoms with Gasteiger partial charge in [-0.25, -0.2) is 0 Å². The molecule has 0 bridgehead atoms. The molecule has 2 rings (SSSR count). The number of amides is 2. The summed E-state index contributed by atoms with van der Waals surface area (Å²) in [7, 11) is 0. The normalized spacial score (nSPS) is 10.2. The Kier molecular flexibility index (Phi) is 5.89. The van der Waals surface area contributed by atoms with Crippen molar-refractivity contribution in [1.82, 2.24) is 10.3 Å². The van der Waals surface area contributed by atoms with Gasteiger partial charge in [-0.05, 0) is 48.2 Å². The van der Waals surface area contributed by atoms with Crippen LogP contribution in [-0.2, 0) is 29.0 Å². The first-order valence-corrected chi connectivity index (χ1v) is 7.89. The lowest BCUT2D eigenvalue weighted by atomic mass is 10.0. The van der Waals surface area contributed by atoms with Crippen LogP contribution >= 0.6 is 0 Å². The maximum Gasteiger partial charge on any atom is 0.313 e. The van der Waals surface area contributed by atoms with Crippen molar-refractivity contribution >= 4 is 17.5 Å². The molecule has 6 heteroatoms. The minimum absolute atomic E-state index is 0.154. The molecule has 0 atom stereocenters. The Labute approximate surface area is 140 Å². The number of nitrogens with one attached hydrogen (secondary N) is 2. The second kappa shape index (κ2) is 8.10. The molecule has 24 heavy (non-hydrogen) atoms.